The van der Waals surface area contributed by atoms with Gasteiger partial charge in [-0.25, -0.2) is 9.79 Å². The first-order valence-electron chi connectivity index (χ1n) is 9.11. The molecule has 0 unspecified atom stereocenters. The normalized spacial score (nSPS) is 15.3. The molecule has 1 aromatic rings. The Balaban J connectivity index is 1.87. The smallest absolute Gasteiger partial charge is 0.409 e. The molecule has 1 saturated heterocycles. The molecule has 0 radical (unpaired) electrons. The highest BCUT2D eigenvalue weighted by atomic mass is 16.6. The number of hydrogen-bond donors (Lipinski definition) is 2. The summed E-state index contributed by atoms with van der Waals surface area (Å²) in [5.74, 6) is 0.770. The highest BCUT2D eigenvalue weighted by molar-refractivity contribution is 5.80. The van der Waals surface area contributed by atoms with Crippen LogP contribution in [0.15, 0.2) is 29.3 Å². The topological polar surface area (TPSA) is 89.8 Å². The van der Waals surface area contributed by atoms with Gasteiger partial charge in [-0.3, -0.25) is 0 Å². The highest BCUT2D eigenvalue weighted by Gasteiger charge is 2.23. The molecule has 1 aliphatic heterocycles. The van der Waals surface area contributed by atoms with Gasteiger partial charge >= 0.3 is 6.09 Å². The standard InChI is InChI=1S/C19H27N5O2/c1-3-21-18(22-14-16-7-5-15(13-20)6-8-16)23-17-9-11-24(12-10-17)19(25)26-4-2/h5-8,17H,3-4,9-12,14H2,1-2H3,(H2,21,22,23). The number of carbonyl (C=O) groups is 1. The second-order valence-electron chi connectivity index (χ2n) is 6.11. The van der Waals surface area contributed by atoms with Crippen LogP contribution in [0.3, 0.4) is 0 Å². The highest BCUT2D eigenvalue weighted by Crippen LogP contribution is 2.11. The minimum absolute atomic E-state index is 0.229. The van der Waals surface area contributed by atoms with Crippen molar-refractivity contribution in [2.75, 3.05) is 26.2 Å². The van der Waals surface area contributed by atoms with E-state index in [0.29, 0.717) is 31.8 Å². The van der Waals surface area contributed by atoms with Gasteiger partial charge in [0.25, 0.3) is 0 Å². The Bertz CT molecular complexity index is 643. The zero-order valence-electron chi connectivity index (χ0n) is 15.5. The van der Waals surface area contributed by atoms with Crippen molar-refractivity contribution in [3.63, 3.8) is 0 Å². The lowest BCUT2D eigenvalue weighted by atomic mass is 10.1. The van der Waals surface area contributed by atoms with Crippen LogP contribution in [0.5, 0.6) is 0 Å². The van der Waals surface area contributed by atoms with Gasteiger partial charge in [-0.05, 0) is 44.4 Å². The van der Waals surface area contributed by atoms with Crippen LogP contribution < -0.4 is 10.6 Å². The Kier molecular flexibility index (Phi) is 7.75. The summed E-state index contributed by atoms with van der Waals surface area (Å²) >= 11 is 0. The molecule has 7 heteroatoms. The summed E-state index contributed by atoms with van der Waals surface area (Å²) in [5, 5.41) is 15.6. The third kappa shape index (κ3) is 5.96. The lowest BCUT2D eigenvalue weighted by Gasteiger charge is -2.32. The van der Waals surface area contributed by atoms with Crippen LogP contribution in [0.4, 0.5) is 4.79 Å². The van der Waals surface area contributed by atoms with Gasteiger partial charge in [0.1, 0.15) is 0 Å². The second-order valence-corrected chi connectivity index (χ2v) is 6.11. The van der Waals surface area contributed by atoms with Gasteiger partial charge in [0.05, 0.1) is 24.8 Å². The summed E-state index contributed by atoms with van der Waals surface area (Å²) in [4.78, 5) is 18.1. The van der Waals surface area contributed by atoms with Gasteiger partial charge in [-0.15, -0.1) is 0 Å². The lowest BCUT2D eigenvalue weighted by Crippen LogP contribution is -2.49. The molecule has 0 aliphatic carbocycles. The molecule has 0 aromatic heterocycles. The number of nitrogens with one attached hydrogen (secondary N) is 2. The quantitative estimate of drug-likeness (QED) is 0.623. The van der Waals surface area contributed by atoms with Crippen molar-refractivity contribution >= 4 is 12.1 Å². The molecule has 1 aromatic carbocycles. The van der Waals surface area contributed by atoms with E-state index in [9.17, 15) is 4.79 Å². The summed E-state index contributed by atoms with van der Waals surface area (Å²) in [6, 6.07) is 9.84. The Labute approximate surface area is 155 Å². The van der Waals surface area contributed by atoms with Crippen LogP contribution in [0.1, 0.15) is 37.8 Å². The van der Waals surface area contributed by atoms with Gasteiger partial charge in [-0.2, -0.15) is 5.26 Å². The van der Waals surface area contributed by atoms with Crippen molar-refractivity contribution < 1.29 is 9.53 Å². The van der Waals surface area contributed by atoms with E-state index in [1.807, 2.05) is 26.0 Å². The molecular weight excluding hydrogens is 330 g/mol. The number of guanidine groups is 1. The van der Waals surface area contributed by atoms with E-state index in [4.69, 9.17) is 10.00 Å². The number of aliphatic imine (C=N–C) groups is 1. The second kappa shape index (κ2) is 10.3. The molecule has 26 heavy (non-hydrogen) atoms. The molecule has 7 nitrogen and oxygen atoms in total. The lowest BCUT2D eigenvalue weighted by molar-refractivity contribution is 0.0963. The minimum atomic E-state index is -0.229. The third-order valence-corrected chi connectivity index (χ3v) is 4.21. The van der Waals surface area contributed by atoms with Crippen molar-refractivity contribution in [1.82, 2.24) is 15.5 Å². The van der Waals surface area contributed by atoms with E-state index in [-0.39, 0.29) is 12.1 Å². The Morgan fingerprint density at radius 1 is 1.31 bits per heavy atom. The van der Waals surface area contributed by atoms with Crippen molar-refractivity contribution in [2.24, 2.45) is 4.99 Å². The summed E-state index contributed by atoms with van der Waals surface area (Å²) < 4.78 is 5.05. The number of ether oxygens (including phenoxy) is 1. The number of piperidine rings is 1. The van der Waals surface area contributed by atoms with Gasteiger partial charge in [0.15, 0.2) is 5.96 Å². The number of carbonyl (C=O) groups excluding carboxylic acids is 1. The first-order chi connectivity index (χ1) is 12.7. The fourth-order valence-electron chi connectivity index (χ4n) is 2.79. The van der Waals surface area contributed by atoms with Crippen molar-refractivity contribution in [1.29, 1.82) is 5.26 Å². The summed E-state index contributed by atoms with van der Waals surface area (Å²) in [6.07, 6.45) is 1.49. The predicted octanol–water partition coefficient (Wildman–Crippen LogP) is 2.23. The van der Waals surface area contributed by atoms with Crippen molar-refractivity contribution in [3.05, 3.63) is 35.4 Å². The first-order valence-corrected chi connectivity index (χ1v) is 9.11. The number of benzene rings is 1. The first kappa shape index (κ1) is 19.6. The molecule has 1 fully saturated rings. The van der Waals surface area contributed by atoms with Crippen LogP contribution in [-0.4, -0.2) is 49.2 Å². The van der Waals surface area contributed by atoms with Crippen molar-refractivity contribution in [3.8, 4) is 6.07 Å². The van der Waals surface area contributed by atoms with E-state index in [1.165, 1.54) is 0 Å². The monoisotopic (exact) mass is 357 g/mol. The molecule has 2 rings (SSSR count). The number of nitriles is 1. The average molecular weight is 357 g/mol. The Hall–Kier alpha value is -2.75. The number of likely N-dealkylation sites (tertiary alicyclic amines) is 1. The molecule has 2 N–H and O–H groups in total. The van der Waals surface area contributed by atoms with Gasteiger partial charge in [0.2, 0.25) is 0 Å². The summed E-state index contributed by atoms with van der Waals surface area (Å²) in [7, 11) is 0. The van der Waals surface area contributed by atoms with Gasteiger partial charge in [0, 0.05) is 25.7 Å². The van der Waals surface area contributed by atoms with E-state index in [1.54, 1.807) is 17.0 Å². The number of rotatable bonds is 5. The Morgan fingerprint density at radius 3 is 2.58 bits per heavy atom. The van der Waals surface area contributed by atoms with Crippen LogP contribution in [-0.2, 0) is 11.3 Å². The Morgan fingerprint density at radius 2 is 2.00 bits per heavy atom. The minimum Gasteiger partial charge on any atom is -0.450 e. The largest absolute Gasteiger partial charge is 0.450 e. The molecule has 0 spiro atoms. The van der Waals surface area contributed by atoms with Crippen molar-refractivity contribution in [2.45, 2.75) is 39.3 Å². The van der Waals surface area contributed by atoms with E-state index >= 15 is 0 Å². The molecule has 1 heterocycles. The number of nitrogens with zero attached hydrogens (tertiary/aromatic N) is 3. The SMILES string of the molecule is CCNC(=NCc1ccc(C#N)cc1)NC1CCN(C(=O)OCC)CC1. The van der Waals surface area contributed by atoms with Gasteiger partial charge < -0.3 is 20.3 Å². The molecule has 1 amide bonds. The summed E-state index contributed by atoms with van der Waals surface area (Å²) in [5.41, 5.74) is 1.70. The molecule has 0 saturated carbocycles. The van der Waals surface area contributed by atoms with Crippen LogP contribution in [0.25, 0.3) is 0 Å². The zero-order chi connectivity index (χ0) is 18.8. The molecule has 0 atom stereocenters. The predicted molar refractivity (Wildman–Crippen MR) is 101 cm³/mol. The number of hydrogen-bond acceptors (Lipinski definition) is 4. The maximum atomic E-state index is 11.8. The molecule has 1 aliphatic rings. The molecular formula is C19H27N5O2. The summed E-state index contributed by atoms with van der Waals surface area (Å²) in [6.45, 7) is 6.95. The van der Waals surface area contributed by atoms with Crippen LogP contribution in [0, 0.1) is 11.3 Å². The maximum absolute atomic E-state index is 11.8. The van der Waals surface area contributed by atoms with Gasteiger partial charge in [-0.1, -0.05) is 12.1 Å². The average Bonchev–Trinajstić information content (AvgIpc) is 2.67. The molecule has 0 bridgehead atoms. The zero-order valence-corrected chi connectivity index (χ0v) is 15.5. The molecule has 140 valence electrons. The fraction of sp³-hybridized carbons (Fsp3) is 0.526. The van der Waals surface area contributed by atoms with E-state index in [2.05, 4.69) is 21.7 Å². The fourth-order valence-corrected chi connectivity index (χ4v) is 2.79. The van der Waals surface area contributed by atoms with E-state index < -0.39 is 0 Å². The van der Waals surface area contributed by atoms with Crippen LogP contribution in [0.2, 0.25) is 0 Å². The third-order valence-electron chi connectivity index (χ3n) is 4.21. The van der Waals surface area contributed by atoms with Crippen LogP contribution >= 0.6 is 0 Å². The van der Waals surface area contributed by atoms with E-state index in [0.717, 1.165) is 30.9 Å². The maximum Gasteiger partial charge on any atom is 0.409 e. The number of amides is 1.